The molecule has 2 saturated heterocycles. The van der Waals surface area contributed by atoms with Gasteiger partial charge in [-0.15, -0.1) is 0 Å². The van der Waals surface area contributed by atoms with Crippen LogP contribution in [0, 0.1) is 6.92 Å². The Bertz CT molecular complexity index is 2300. The van der Waals surface area contributed by atoms with E-state index in [2.05, 4.69) is 87.7 Å². The fourth-order valence-electron chi connectivity index (χ4n) is 7.13. The number of aromatic nitrogens is 5. The molecule has 0 unspecified atom stereocenters. The molecule has 0 bridgehead atoms. The molecule has 7 rings (SSSR count). The van der Waals surface area contributed by atoms with Crippen LogP contribution in [0.1, 0.15) is 30.5 Å². The van der Waals surface area contributed by atoms with E-state index >= 15 is 0 Å². The van der Waals surface area contributed by atoms with Crippen molar-refractivity contribution >= 4 is 85.9 Å². The van der Waals surface area contributed by atoms with Crippen molar-refractivity contribution < 1.29 is 18.9 Å². The number of hydrogen-bond donors (Lipinski definition) is 3. The van der Waals surface area contributed by atoms with Gasteiger partial charge in [-0.3, -0.25) is 34.9 Å². The first-order valence-corrected chi connectivity index (χ1v) is 21.3. The summed E-state index contributed by atoms with van der Waals surface area (Å²) in [5, 5.41) is 9.65. The van der Waals surface area contributed by atoms with Crippen molar-refractivity contribution in [2.24, 2.45) is 0 Å². The third kappa shape index (κ3) is 8.41. The Balaban J connectivity index is 1.00. The Morgan fingerprint density at radius 1 is 0.982 bits per heavy atom. The maximum atomic E-state index is 13.5. The van der Waals surface area contributed by atoms with Crippen molar-refractivity contribution in [3.63, 3.8) is 0 Å². The van der Waals surface area contributed by atoms with E-state index in [1.54, 1.807) is 45.2 Å². The topological polar surface area (TPSA) is 171 Å². The first kappa shape index (κ1) is 38.1. The number of ether oxygens (including phenoxy) is 1. The summed E-state index contributed by atoms with van der Waals surface area (Å²) in [4.78, 5) is 52.8. The number of amides is 3. The van der Waals surface area contributed by atoms with Gasteiger partial charge in [0.1, 0.15) is 24.2 Å². The highest BCUT2D eigenvalue weighted by atomic mass is 79.9. The lowest BCUT2D eigenvalue weighted by Crippen LogP contribution is -2.49. The van der Waals surface area contributed by atoms with Gasteiger partial charge in [-0.1, -0.05) is 0 Å². The number of anilines is 6. The zero-order valence-corrected chi connectivity index (χ0v) is 33.8. The first-order valence-electron chi connectivity index (χ1n) is 17.9. The number of nitrogens with one attached hydrogen (secondary N) is 3. The van der Waals surface area contributed by atoms with Crippen LogP contribution < -0.4 is 35.8 Å². The lowest BCUT2D eigenvalue weighted by atomic mass is 10.0. The second kappa shape index (κ2) is 15.9. The minimum absolute atomic E-state index is 0.255. The van der Waals surface area contributed by atoms with E-state index in [0.29, 0.717) is 68.8 Å². The number of imide groups is 1. The first-order chi connectivity index (χ1) is 26.4. The Labute approximate surface area is 327 Å². The zero-order chi connectivity index (χ0) is 38.9. The maximum absolute atomic E-state index is 13.5. The van der Waals surface area contributed by atoms with Crippen molar-refractivity contribution in [1.82, 2.24) is 35.1 Å². The highest BCUT2D eigenvalue weighted by Crippen LogP contribution is 2.42. The molecule has 5 heterocycles. The Kier molecular flexibility index (Phi) is 11.0. The zero-order valence-electron chi connectivity index (χ0n) is 31.3. The summed E-state index contributed by atoms with van der Waals surface area (Å²) in [6.07, 6.45) is 8.82. The number of nitrogens with zero attached hydrogens (tertiary/aromatic N) is 8. The van der Waals surface area contributed by atoms with Gasteiger partial charge in [0.05, 0.1) is 51.4 Å². The summed E-state index contributed by atoms with van der Waals surface area (Å²) < 4.78 is 20.0. The van der Waals surface area contributed by atoms with Gasteiger partial charge in [-0.2, -0.15) is 4.98 Å². The van der Waals surface area contributed by atoms with E-state index in [4.69, 9.17) is 9.72 Å². The summed E-state index contributed by atoms with van der Waals surface area (Å²) in [7, 11) is 1.01. The molecule has 0 spiro atoms. The molecular weight excluding hydrogens is 785 g/mol. The van der Waals surface area contributed by atoms with Crippen molar-refractivity contribution in [2.45, 2.75) is 38.8 Å². The standard InChI is InChI=1S/C38H43BrN11O4P/c1-23-18-30(45-37-43-21-27(39)36(47-37)44-29-9-8-28-34(41-14-13-40-28)35(29)55(4,5)53)32(54-3)19-31(23)49-15-10-25(11-16-49)48(2)22-24-6-7-26(20-42-24)50-17-12-33(51)46-38(50)52/h6-9,13-14,18-21,25H,10-12,15-17,22H2,1-5H3,(H,46,51,52)(H2,43,44,45,47). The summed E-state index contributed by atoms with van der Waals surface area (Å²) >= 11 is 3.57. The van der Waals surface area contributed by atoms with Gasteiger partial charge in [0.25, 0.3) is 0 Å². The summed E-state index contributed by atoms with van der Waals surface area (Å²) in [5.41, 5.74) is 6.42. The fraction of sp³-hybridized carbons (Fsp3) is 0.342. The molecule has 0 aliphatic carbocycles. The monoisotopic (exact) mass is 827 g/mol. The Morgan fingerprint density at radius 2 is 1.76 bits per heavy atom. The minimum atomic E-state index is -2.77. The number of urea groups is 1. The van der Waals surface area contributed by atoms with Gasteiger partial charge in [0.2, 0.25) is 11.9 Å². The largest absolute Gasteiger partial charge is 0.494 e. The molecule has 2 fully saturated rings. The van der Waals surface area contributed by atoms with E-state index in [1.165, 1.54) is 4.90 Å². The molecule has 17 heteroatoms. The van der Waals surface area contributed by atoms with Crippen LogP contribution in [0.15, 0.2) is 65.7 Å². The van der Waals surface area contributed by atoms with Gasteiger partial charge in [0.15, 0.2) is 0 Å². The normalized spacial score (nSPS) is 15.4. The van der Waals surface area contributed by atoms with Gasteiger partial charge in [0, 0.05) is 69.0 Å². The van der Waals surface area contributed by atoms with Gasteiger partial charge >= 0.3 is 6.03 Å². The quantitative estimate of drug-likeness (QED) is 0.129. The third-order valence-electron chi connectivity index (χ3n) is 9.93. The number of pyridine rings is 1. The number of piperidine rings is 1. The maximum Gasteiger partial charge on any atom is 0.328 e. The molecule has 286 valence electrons. The molecule has 55 heavy (non-hydrogen) atoms. The summed E-state index contributed by atoms with van der Waals surface area (Å²) in [6.45, 7) is 8.33. The Morgan fingerprint density at radius 3 is 2.47 bits per heavy atom. The van der Waals surface area contributed by atoms with Gasteiger partial charge < -0.3 is 24.8 Å². The van der Waals surface area contributed by atoms with Crippen molar-refractivity contribution in [3.8, 4) is 5.75 Å². The highest BCUT2D eigenvalue weighted by Gasteiger charge is 2.27. The molecule has 0 atom stereocenters. The lowest BCUT2D eigenvalue weighted by Gasteiger charge is -2.38. The highest BCUT2D eigenvalue weighted by molar-refractivity contribution is 9.10. The Hall–Kier alpha value is -5.18. The number of rotatable bonds is 11. The average molecular weight is 829 g/mol. The molecule has 15 nitrogen and oxygen atoms in total. The number of halogens is 1. The second-order valence-corrected chi connectivity index (χ2v) is 18.1. The van der Waals surface area contributed by atoms with Gasteiger partial charge in [-0.25, -0.2) is 9.78 Å². The number of aryl methyl sites for hydroxylation is 1. The second-order valence-electron chi connectivity index (χ2n) is 14.1. The molecule has 0 saturated carbocycles. The van der Waals surface area contributed by atoms with E-state index < -0.39 is 13.2 Å². The van der Waals surface area contributed by atoms with Crippen molar-refractivity contribution in [1.29, 1.82) is 0 Å². The molecule has 3 amide bonds. The van der Waals surface area contributed by atoms with E-state index in [9.17, 15) is 14.2 Å². The predicted octanol–water partition coefficient (Wildman–Crippen LogP) is 6.18. The molecule has 3 aromatic heterocycles. The smallest absolute Gasteiger partial charge is 0.328 e. The molecule has 2 aliphatic rings. The molecule has 0 radical (unpaired) electrons. The van der Waals surface area contributed by atoms with Crippen LogP contribution in [-0.4, -0.2) is 94.9 Å². The van der Waals surface area contributed by atoms with Crippen molar-refractivity contribution in [3.05, 3.63) is 76.9 Å². The number of benzene rings is 2. The van der Waals surface area contributed by atoms with Gasteiger partial charge in [-0.05, 0) is 92.0 Å². The predicted molar refractivity (Wildman–Crippen MR) is 219 cm³/mol. The van der Waals surface area contributed by atoms with Crippen LogP contribution in [0.25, 0.3) is 11.0 Å². The third-order valence-corrected chi connectivity index (χ3v) is 12.0. The molecule has 2 aromatic carbocycles. The summed E-state index contributed by atoms with van der Waals surface area (Å²) in [5.74, 6) is 1.26. The number of hydrogen-bond acceptors (Lipinski definition) is 13. The van der Waals surface area contributed by atoms with Crippen LogP contribution in [0.4, 0.5) is 39.3 Å². The van der Waals surface area contributed by atoms with Crippen LogP contribution in [0.5, 0.6) is 5.75 Å². The fourth-order valence-corrected chi connectivity index (χ4v) is 8.81. The van der Waals surface area contributed by atoms with E-state index in [-0.39, 0.29) is 12.3 Å². The van der Waals surface area contributed by atoms with E-state index in [0.717, 1.165) is 48.6 Å². The number of carbonyl (C=O) groups excluding carboxylic acids is 2. The SMILES string of the molecule is COc1cc(N2CCC(N(C)Cc3ccc(N4CCC(=O)NC4=O)cn3)CC2)c(C)cc1Nc1ncc(Br)c(Nc2ccc3nccnc3c2P(C)(C)=O)n1. The van der Waals surface area contributed by atoms with E-state index in [1.807, 2.05) is 24.3 Å². The van der Waals surface area contributed by atoms with Crippen LogP contribution in [0.3, 0.4) is 0 Å². The van der Waals surface area contributed by atoms with Crippen LogP contribution >= 0.6 is 23.1 Å². The molecular formula is C38H43BrN11O4P. The molecule has 3 N–H and O–H groups in total. The van der Waals surface area contributed by atoms with Crippen LogP contribution in [-0.2, 0) is 15.9 Å². The average Bonchev–Trinajstić information content (AvgIpc) is 3.16. The number of fused-ring (bicyclic) bond motifs is 1. The lowest BCUT2D eigenvalue weighted by molar-refractivity contribution is -0.120. The molecule has 2 aliphatic heterocycles. The number of carbonyl (C=O) groups is 2. The van der Waals surface area contributed by atoms with Crippen LogP contribution in [0.2, 0.25) is 0 Å². The number of methoxy groups -OCH3 is 1. The molecule has 5 aromatic rings. The summed E-state index contributed by atoms with van der Waals surface area (Å²) in [6, 6.07) is 11.6. The minimum Gasteiger partial charge on any atom is -0.494 e. The van der Waals surface area contributed by atoms with Crippen molar-refractivity contribution in [2.75, 3.05) is 67.6 Å².